The number of nitrogens with zero attached hydrogens (tertiary/aromatic N) is 2. The molecule has 1 fully saturated rings. The Morgan fingerprint density at radius 1 is 0.676 bits per heavy atom. The zero-order valence-corrected chi connectivity index (χ0v) is 19.6. The van der Waals surface area contributed by atoms with E-state index in [4.69, 9.17) is 9.47 Å². The molecule has 2 aromatic carbocycles. The van der Waals surface area contributed by atoms with Crippen LogP contribution in [-0.2, 0) is 9.59 Å². The number of piperazine rings is 1. The first kappa shape index (κ1) is 24.6. The smallest absolute Gasteiger partial charge is 0.246 e. The summed E-state index contributed by atoms with van der Waals surface area (Å²) in [6.45, 7) is 2.06. The number of carbonyl (C=O) groups excluding carboxylic acids is 2. The van der Waals surface area contributed by atoms with Gasteiger partial charge in [0.2, 0.25) is 11.8 Å². The Labute approximate surface area is 201 Å². The van der Waals surface area contributed by atoms with Gasteiger partial charge in [0.1, 0.15) is 11.5 Å². The molecule has 2 amide bonds. The van der Waals surface area contributed by atoms with Gasteiger partial charge in [-0.25, -0.2) is 0 Å². The molecule has 0 spiro atoms. The van der Waals surface area contributed by atoms with Gasteiger partial charge in [-0.2, -0.15) is 0 Å². The summed E-state index contributed by atoms with van der Waals surface area (Å²) in [5, 5.41) is 0. The molecule has 6 nitrogen and oxygen atoms in total. The van der Waals surface area contributed by atoms with Crippen LogP contribution in [0.25, 0.3) is 12.2 Å². The largest absolute Gasteiger partial charge is 0.497 e. The molecular weight excluding hydrogens is 428 g/mol. The minimum Gasteiger partial charge on any atom is -0.497 e. The van der Waals surface area contributed by atoms with Gasteiger partial charge >= 0.3 is 0 Å². The van der Waals surface area contributed by atoms with E-state index in [0.717, 1.165) is 22.6 Å². The van der Waals surface area contributed by atoms with Crippen molar-refractivity contribution in [1.29, 1.82) is 0 Å². The number of amides is 2. The molecule has 0 aromatic heterocycles. The maximum atomic E-state index is 12.4. The molecule has 0 aliphatic carbocycles. The van der Waals surface area contributed by atoms with E-state index in [1.165, 1.54) is 0 Å². The van der Waals surface area contributed by atoms with Crippen LogP contribution in [0.3, 0.4) is 0 Å². The predicted molar refractivity (Wildman–Crippen MR) is 135 cm³/mol. The van der Waals surface area contributed by atoms with E-state index in [1.807, 2.05) is 72.8 Å². The molecule has 0 unspecified atom stereocenters. The van der Waals surface area contributed by atoms with Gasteiger partial charge in [-0.1, -0.05) is 60.7 Å². The lowest BCUT2D eigenvalue weighted by atomic mass is 10.2. The Bertz CT molecular complexity index is 1010. The van der Waals surface area contributed by atoms with E-state index in [9.17, 15) is 9.59 Å². The number of hydrogen-bond acceptors (Lipinski definition) is 4. The third kappa shape index (κ3) is 7.52. The molecule has 0 N–H and O–H groups in total. The van der Waals surface area contributed by atoms with Crippen molar-refractivity contribution in [2.75, 3.05) is 40.4 Å². The monoisotopic (exact) mass is 458 g/mol. The average molecular weight is 459 g/mol. The van der Waals surface area contributed by atoms with Gasteiger partial charge in [0, 0.05) is 38.3 Å². The Morgan fingerprint density at radius 3 is 1.47 bits per heavy atom. The van der Waals surface area contributed by atoms with E-state index in [1.54, 1.807) is 48.3 Å². The molecular formula is C28H30N2O4. The van der Waals surface area contributed by atoms with Gasteiger partial charge in [0.15, 0.2) is 0 Å². The van der Waals surface area contributed by atoms with Crippen LogP contribution in [0.5, 0.6) is 11.5 Å². The second-order valence-electron chi connectivity index (χ2n) is 7.64. The van der Waals surface area contributed by atoms with Crippen LogP contribution in [-0.4, -0.2) is 62.0 Å². The summed E-state index contributed by atoms with van der Waals surface area (Å²) in [7, 11) is 3.26. The van der Waals surface area contributed by atoms with Crippen LogP contribution < -0.4 is 9.47 Å². The van der Waals surface area contributed by atoms with E-state index in [0.29, 0.717) is 26.2 Å². The summed E-state index contributed by atoms with van der Waals surface area (Å²) in [6.07, 6.45) is 14.1. The summed E-state index contributed by atoms with van der Waals surface area (Å²) in [6, 6.07) is 15.4. The molecule has 0 saturated carbocycles. The fraction of sp³-hybridized carbons (Fsp3) is 0.214. The number of rotatable bonds is 8. The van der Waals surface area contributed by atoms with Crippen molar-refractivity contribution in [2.45, 2.75) is 0 Å². The highest BCUT2D eigenvalue weighted by Gasteiger charge is 2.21. The SMILES string of the molecule is COc1cccc(/C=C/C=C/C(=O)N2CCN(C(=O)/C=C/C=C/c3cccc(OC)c3)CC2)c1. The second-order valence-corrected chi connectivity index (χ2v) is 7.64. The molecule has 1 aliphatic rings. The molecule has 1 heterocycles. The summed E-state index contributed by atoms with van der Waals surface area (Å²) in [5.74, 6) is 1.47. The van der Waals surface area contributed by atoms with Crippen molar-refractivity contribution < 1.29 is 19.1 Å². The lowest BCUT2D eigenvalue weighted by molar-refractivity contribution is -0.134. The first-order valence-electron chi connectivity index (χ1n) is 11.1. The van der Waals surface area contributed by atoms with Crippen LogP contribution in [0.2, 0.25) is 0 Å². The van der Waals surface area contributed by atoms with Crippen LogP contribution in [0.1, 0.15) is 11.1 Å². The number of hydrogen-bond donors (Lipinski definition) is 0. The van der Waals surface area contributed by atoms with Crippen molar-refractivity contribution in [3.8, 4) is 11.5 Å². The quantitative estimate of drug-likeness (QED) is 0.439. The van der Waals surface area contributed by atoms with Crippen LogP contribution in [0.4, 0.5) is 0 Å². The van der Waals surface area contributed by atoms with E-state index in [2.05, 4.69) is 0 Å². The molecule has 6 heteroatoms. The Balaban J connectivity index is 1.42. The van der Waals surface area contributed by atoms with E-state index in [-0.39, 0.29) is 11.8 Å². The fourth-order valence-electron chi connectivity index (χ4n) is 3.46. The molecule has 3 rings (SSSR count). The minimum absolute atomic E-state index is 0.0563. The van der Waals surface area contributed by atoms with Gasteiger partial charge in [-0.3, -0.25) is 9.59 Å². The van der Waals surface area contributed by atoms with Crippen LogP contribution >= 0.6 is 0 Å². The highest BCUT2D eigenvalue weighted by Crippen LogP contribution is 2.14. The molecule has 0 atom stereocenters. The fourth-order valence-corrected chi connectivity index (χ4v) is 3.46. The topological polar surface area (TPSA) is 59.1 Å². The number of allylic oxidation sites excluding steroid dienone is 4. The molecule has 2 aromatic rings. The van der Waals surface area contributed by atoms with Gasteiger partial charge in [0.25, 0.3) is 0 Å². The lowest BCUT2D eigenvalue weighted by Gasteiger charge is -2.33. The van der Waals surface area contributed by atoms with Crippen molar-refractivity contribution in [3.63, 3.8) is 0 Å². The Morgan fingerprint density at radius 2 is 1.09 bits per heavy atom. The maximum absolute atomic E-state index is 12.4. The van der Waals surface area contributed by atoms with Crippen molar-refractivity contribution >= 4 is 24.0 Å². The first-order valence-corrected chi connectivity index (χ1v) is 11.1. The van der Waals surface area contributed by atoms with Gasteiger partial charge in [0.05, 0.1) is 14.2 Å². The van der Waals surface area contributed by atoms with Crippen molar-refractivity contribution in [2.24, 2.45) is 0 Å². The number of benzene rings is 2. The number of carbonyl (C=O) groups is 2. The summed E-state index contributed by atoms with van der Waals surface area (Å²) >= 11 is 0. The summed E-state index contributed by atoms with van der Waals surface area (Å²) in [5.41, 5.74) is 1.99. The first-order chi connectivity index (χ1) is 16.6. The van der Waals surface area contributed by atoms with Gasteiger partial charge in [-0.15, -0.1) is 0 Å². The molecule has 34 heavy (non-hydrogen) atoms. The molecule has 1 saturated heterocycles. The van der Waals surface area contributed by atoms with Gasteiger partial charge in [-0.05, 0) is 35.4 Å². The average Bonchev–Trinajstić information content (AvgIpc) is 2.89. The molecule has 0 radical (unpaired) electrons. The summed E-state index contributed by atoms with van der Waals surface area (Å²) in [4.78, 5) is 28.4. The minimum atomic E-state index is -0.0563. The van der Waals surface area contributed by atoms with Crippen molar-refractivity contribution in [1.82, 2.24) is 9.80 Å². The number of methoxy groups -OCH3 is 2. The summed E-state index contributed by atoms with van der Waals surface area (Å²) < 4.78 is 10.4. The Hall–Kier alpha value is -4.06. The van der Waals surface area contributed by atoms with E-state index < -0.39 is 0 Å². The standard InChI is InChI=1S/C28H30N2O4/c1-33-25-13-7-11-23(21-25)9-3-5-15-27(31)29-17-19-30(20-18-29)28(32)16-6-4-10-24-12-8-14-26(22-24)34-2/h3-16,21-22H,17-20H2,1-2H3/b9-3+,10-4+,15-5+,16-6+. The third-order valence-corrected chi connectivity index (χ3v) is 5.37. The highest BCUT2D eigenvalue weighted by molar-refractivity contribution is 5.90. The molecule has 1 aliphatic heterocycles. The number of ether oxygens (including phenoxy) is 2. The van der Waals surface area contributed by atoms with Crippen LogP contribution in [0.15, 0.2) is 85.0 Å². The molecule has 0 bridgehead atoms. The van der Waals surface area contributed by atoms with Gasteiger partial charge < -0.3 is 19.3 Å². The van der Waals surface area contributed by atoms with Crippen molar-refractivity contribution in [3.05, 3.63) is 96.1 Å². The second kappa shape index (κ2) is 12.8. The zero-order valence-electron chi connectivity index (χ0n) is 19.6. The Kier molecular flexibility index (Phi) is 9.29. The maximum Gasteiger partial charge on any atom is 0.246 e. The lowest BCUT2D eigenvalue weighted by Crippen LogP contribution is -2.49. The van der Waals surface area contributed by atoms with Crippen LogP contribution in [0, 0.1) is 0 Å². The molecule has 176 valence electrons. The van der Waals surface area contributed by atoms with E-state index >= 15 is 0 Å². The highest BCUT2D eigenvalue weighted by atomic mass is 16.5. The normalized spacial score (nSPS) is 14.5. The third-order valence-electron chi connectivity index (χ3n) is 5.37. The zero-order chi connectivity index (χ0) is 24.2. The predicted octanol–water partition coefficient (Wildman–Crippen LogP) is 4.21.